The van der Waals surface area contributed by atoms with Gasteiger partial charge in [0.05, 0.1) is 16.6 Å². The standard InChI is InChI=1S/C43H34N4.CH4S/c1-3-11-28-33-24-26(18-21-37(33)44-35(28)4-2)46-40-17-10-7-14-32(40)42-41(46)23-20-31-30-13-6-9-16-39(30)47(43(31)42)27-19-22-38-34(25-27)29-12-5-8-15-36(29)45-38;1-2/h3-6,8-9,11-13,15-16,18-25,44-45H,2,7,10,14,17H2,1H3;2H,1H3/b11-3-;. The highest BCUT2D eigenvalue weighted by molar-refractivity contribution is 7.79. The molecule has 0 radical (unpaired) electrons. The second kappa shape index (κ2) is 11.6. The Morgan fingerprint density at radius 1 is 0.653 bits per heavy atom. The van der Waals surface area contributed by atoms with E-state index in [1.165, 1.54) is 101 Å². The number of aromatic nitrogens is 4. The van der Waals surface area contributed by atoms with E-state index in [2.05, 4.69) is 154 Å². The van der Waals surface area contributed by atoms with Gasteiger partial charge >= 0.3 is 0 Å². The number of aryl methyl sites for hydroxylation is 1. The van der Waals surface area contributed by atoms with Crippen LogP contribution in [0.15, 0.2) is 110 Å². The van der Waals surface area contributed by atoms with Crippen LogP contribution in [0, 0.1) is 0 Å². The van der Waals surface area contributed by atoms with Crippen molar-refractivity contribution in [2.24, 2.45) is 0 Å². The summed E-state index contributed by atoms with van der Waals surface area (Å²) in [5.41, 5.74) is 14.9. The minimum atomic E-state index is 1.06. The van der Waals surface area contributed by atoms with Gasteiger partial charge in [-0.15, -0.1) is 0 Å². The molecule has 4 aromatic heterocycles. The summed E-state index contributed by atoms with van der Waals surface area (Å²) in [5.74, 6) is 0. The maximum atomic E-state index is 4.07. The highest BCUT2D eigenvalue weighted by Gasteiger charge is 2.26. The fourth-order valence-electron chi connectivity index (χ4n) is 8.49. The van der Waals surface area contributed by atoms with Crippen molar-refractivity contribution < 1.29 is 0 Å². The number of H-pyrrole nitrogens is 2. The fraction of sp³-hybridized carbons (Fsp3) is 0.136. The number of benzene rings is 5. The van der Waals surface area contributed by atoms with E-state index in [4.69, 9.17) is 0 Å². The summed E-state index contributed by atoms with van der Waals surface area (Å²) >= 11 is 3.53. The van der Waals surface area contributed by atoms with Gasteiger partial charge in [-0.05, 0) is 105 Å². The van der Waals surface area contributed by atoms with Gasteiger partial charge in [0, 0.05) is 77.2 Å². The Kier molecular flexibility index (Phi) is 7.06. The summed E-state index contributed by atoms with van der Waals surface area (Å²) in [4.78, 5) is 7.20. The molecule has 0 spiro atoms. The van der Waals surface area contributed by atoms with Gasteiger partial charge in [-0.2, -0.15) is 12.6 Å². The highest BCUT2D eigenvalue weighted by atomic mass is 32.1. The summed E-state index contributed by atoms with van der Waals surface area (Å²) in [6.45, 7) is 6.15. The quantitative estimate of drug-likeness (QED) is 0.158. The van der Waals surface area contributed by atoms with Gasteiger partial charge in [-0.1, -0.05) is 61.2 Å². The molecule has 2 N–H and O–H groups in total. The summed E-state index contributed by atoms with van der Waals surface area (Å²) in [5, 5.41) is 7.74. The number of aromatic amines is 2. The molecule has 9 aromatic rings. The molecule has 10 rings (SSSR count). The van der Waals surface area contributed by atoms with E-state index in [1.54, 1.807) is 6.26 Å². The highest BCUT2D eigenvalue weighted by Crippen LogP contribution is 2.44. The first-order chi connectivity index (χ1) is 24.2. The van der Waals surface area contributed by atoms with E-state index in [0.717, 1.165) is 24.1 Å². The van der Waals surface area contributed by atoms with Crippen molar-refractivity contribution in [1.29, 1.82) is 0 Å². The Labute approximate surface area is 290 Å². The van der Waals surface area contributed by atoms with Gasteiger partial charge < -0.3 is 19.1 Å². The molecule has 1 aliphatic rings. The lowest BCUT2D eigenvalue weighted by molar-refractivity contribution is 0.667. The molecule has 0 fully saturated rings. The van der Waals surface area contributed by atoms with Crippen molar-refractivity contribution in [1.82, 2.24) is 19.1 Å². The zero-order valence-corrected chi connectivity index (χ0v) is 28.7. The van der Waals surface area contributed by atoms with Crippen molar-refractivity contribution in [2.75, 3.05) is 6.26 Å². The minimum absolute atomic E-state index is 1.06. The molecule has 0 unspecified atom stereocenters. The Bertz CT molecular complexity index is 2780. The number of hydrogen-bond donors (Lipinski definition) is 3. The summed E-state index contributed by atoms with van der Waals surface area (Å²) in [6.07, 6.45) is 12.5. The van der Waals surface area contributed by atoms with Crippen LogP contribution in [0.2, 0.25) is 0 Å². The third-order valence-corrected chi connectivity index (χ3v) is 10.5. The molecule has 0 atom stereocenters. The average Bonchev–Trinajstić information content (AvgIpc) is 3.89. The van der Waals surface area contributed by atoms with E-state index in [1.807, 2.05) is 6.08 Å². The maximum absolute atomic E-state index is 4.07. The van der Waals surface area contributed by atoms with Crippen molar-refractivity contribution in [3.05, 3.63) is 132 Å². The third kappa shape index (κ3) is 4.32. The van der Waals surface area contributed by atoms with E-state index >= 15 is 0 Å². The van der Waals surface area contributed by atoms with Gasteiger partial charge in [0.1, 0.15) is 0 Å². The average molecular weight is 655 g/mol. The number of nitrogens with zero attached hydrogens (tertiary/aromatic N) is 2. The number of hydrogen-bond acceptors (Lipinski definition) is 1. The van der Waals surface area contributed by atoms with Crippen LogP contribution >= 0.6 is 12.6 Å². The molecule has 4 heterocycles. The Morgan fingerprint density at radius 2 is 1.35 bits per heavy atom. The lowest BCUT2D eigenvalue weighted by Gasteiger charge is -2.16. The van der Waals surface area contributed by atoms with Crippen molar-refractivity contribution in [2.45, 2.75) is 32.6 Å². The topological polar surface area (TPSA) is 41.4 Å². The van der Waals surface area contributed by atoms with Crippen LogP contribution in [0.1, 0.15) is 42.3 Å². The lowest BCUT2D eigenvalue weighted by atomic mass is 9.94. The first-order valence-corrected chi connectivity index (χ1v) is 18.1. The molecule has 1 aliphatic carbocycles. The molecule has 0 aliphatic heterocycles. The van der Waals surface area contributed by atoms with Gasteiger partial charge in [0.25, 0.3) is 0 Å². The molecular formula is C44H38N4S. The van der Waals surface area contributed by atoms with Crippen molar-refractivity contribution in [3.8, 4) is 11.4 Å². The number of nitrogens with one attached hydrogen (secondary N) is 2. The SMILES string of the molecule is C=Cc1[nH]c2ccc(-n3c4c(c5c3ccc3c6ccccc6n(-c6ccc7[nH]c8ccccc8c7c6)c35)CCCC4)cc2c1/C=C\C.CS. The number of allylic oxidation sites excluding steroid dienone is 1. The summed E-state index contributed by atoms with van der Waals surface area (Å²) in [7, 11) is 0. The molecule has 0 bridgehead atoms. The van der Waals surface area contributed by atoms with E-state index in [9.17, 15) is 0 Å². The van der Waals surface area contributed by atoms with Crippen molar-refractivity contribution in [3.63, 3.8) is 0 Å². The van der Waals surface area contributed by atoms with Gasteiger partial charge in [-0.3, -0.25) is 0 Å². The lowest BCUT2D eigenvalue weighted by Crippen LogP contribution is -2.06. The molecule has 0 amide bonds. The largest absolute Gasteiger partial charge is 0.355 e. The van der Waals surface area contributed by atoms with Crippen LogP contribution in [-0.4, -0.2) is 25.4 Å². The minimum Gasteiger partial charge on any atom is -0.355 e. The number of fused-ring (bicyclic) bond motifs is 11. The van der Waals surface area contributed by atoms with E-state index in [0.29, 0.717) is 0 Å². The number of para-hydroxylation sites is 2. The van der Waals surface area contributed by atoms with Gasteiger partial charge in [-0.25, -0.2) is 0 Å². The van der Waals surface area contributed by atoms with Crippen LogP contribution in [0.3, 0.4) is 0 Å². The number of thiol groups is 1. The second-order valence-electron chi connectivity index (χ2n) is 13.0. The van der Waals surface area contributed by atoms with Crippen molar-refractivity contribution >= 4 is 90.2 Å². The van der Waals surface area contributed by atoms with Gasteiger partial charge in [0.2, 0.25) is 0 Å². The molecule has 5 aromatic carbocycles. The maximum Gasteiger partial charge on any atom is 0.0637 e. The van der Waals surface area contributed by atoms with Crippen LogP contribution < -0.4 is 0 Å². The van der Waals surface area contributed by atoms with Crippen LogP contribution in [-0.2, 0) is 12.8 Å². The van der Waals surface area contributed by atoms with E-state index in [-0.39, 0.29) is 0 Å². The first kappa shape index (κ1) is 29.7. The molecule has 49 heavy (non-hydrogen) atoms. The molecule has 240 valence electrons. The fourth-order valence-corrected chi connectivity index (χ4v) is 8.49. The third-order valence-electron chi connectivity index (χ3n) is 10.5. The normalized spacial score (nSPS) is 13.3. The van der Waals surface area contributed by atoms with Crippen LogP contribution in [0.4, 0.5) is 0 Å². The second-order valence-corrected chi connectivity index (χ2v) is 13.0. The monoisotopic (exact) mass is 654 g/mol. The van der Waals surface area contributed by atoms with E-state index < -0.39 is 0 Å². The predicted octanol–water partition coefficient (Wildman–Crippen LogP) is 11.9. The van der Waals surface area contributed by atoms with Crippen LogP contribution in [0.5, 0.6) is 0 Å². The van der Waals surface area contributed by atoms with Crippen LogP contribution in [0.25, 0.3) is 88.9 Å². The smallest absolute Gasteiger partial charge is 0.0637 e. The Morgan fingerprint density at radius 3 is 2.16 bits per heavy atom. The predicted molar refractivity (Wildman–Crippen MR) is 215 cm³/mol. The Hall–Kier alpha value is -5.39. The molecule has 0 saturated heterocycles. The Balaban J connectivity index is 0.00000160. The zero-order valence-electron chi connectivity index (χ0n) is 27.8. The first-order valence-electron chi connectivity index (χ1n) is 17.2. The molecule has 0 saturated carbocycles. The zero-order chi connectivity index (χ0) is 33.2. The molecule has 5 heteroatoms. The summed E-state index contributed by atoms with van der Waals surface area (Å²) in [6, 6.07) is 36.1. The molecular weight excluding hydrogens is 617 g/mol. The summed E-state index contributed by atoms with van der Waals surface area (Å²) < 4.78 is 5.09. The van der Waals surface area contributed by atoms with Gasteiger partial charge in [0.15, 0.2) is 0 Å². The molecule has 4 nitrogen and oxygen atoms in total. The number of rotatable bonds is 4.